The molecular weight excluding hydrogens is 272 g/mol. The maximum Gasteiger partial charge on any atom is 0.286 e. The SMILES string of the molecule is O=[N+]([O-])c1cccc2c1C[C@H](Br)C2(F)F. The number of benzene rings is 1. The molecule has 1 aromatic carbocycles. The van der Waals surface area contributed by atoms with E-state index in [-0.39, 0.29) is 23.2 Å². The van der Waals surface area contributed by atoms with Crippen molar-refractivity contribution in [3.05, 3.63) is 39.4 Å². The first kappa shape index (κ1) is 10.5. The zero-order valence-corrected chi connectivity index (χ0v) is 9.00. The van der Waals surface area contributed by atoms with E-state index in [0.717, 1.165) is 0 Å². The molecule has 1 aliphatic rings. The summed E-state index contributed by atoms with van der Waals surface area (Å²) in [6.45, 7) is 0. The molecule has 1 aliphatic carbocycles. The Morgan fingerprint density at radius 2 is 2.20 bits per heavy atom. The highest BCUT2D eigenvalue weighted by Crippen LogP contribution is 2.47. The van der Waals surface area contributed by atoms with Gasteiger partial charge in [-0.15, -0.1) is 0 Å². The van der Waals surface area contributed by atoms with Crippen LogP contribution in [0.2, 0.25) is 0 Å². The molecule has 0 saturated carbocycles. The third-order valence-electron chi connectivity index (χ3n) is 2.48. The number of nitro benzene ring substituents is 1. The van der Waals surface area contributed by atoms with Crippen LogP contribution >= 0.6 is 15.9 Å². The number of fused-ring (bicyclic) bond motifs is 1. The first-order valence-corrected chi connectivity index (χ1v) is 5.15. The van der Waals surface area contributed by atoms with Gasteiger partial charge in [0.05, 0.1) is 9.75 Å². The minimum Gasteiger partial charge on any atom is -0.258 e. The van der Waals surface area contributed by atoms with Gasteiger partial charge in [-0.05, 0) is 6.42 Å². The van der Waals surface area contributed by atoms with Gasteiger partial charge >= 0.3 is 0 Å². The normalized spacial score (nSPS) is 22.5. The summed E-state index contributed by atoms with van der Waals surface area (Å²) in [5.74, 6) is -3.03. The molecule has 3 nitrogen and oxygen atoms in total. The van der Waals surface area contributed by atoms with E-state index in [4.69, 9.17) is 0 Å². The first-order chi connectivity index (χ1) is 6.94. The fourth-order valence-corrected chi connectivity index (χ4v) is 2.32. The number of hydrogen-bond acceptors (Lipinski definition) is 2. The molecule has 0 spiro atoms. The van der Waals surface area contributed by atoms with Crippen molar-refractivity contribution in [1.29, 1.82) is 0 Å². The molecule has 0 amide bonds. The number of rotatable bonds is 1. The Morgan fingerprint density at radius 3 is 2.80 bits per heavy atom. The van der Waals surface area contributed by atoms with E-state index in [0.29, 0.717) is 0 Å². The van der Waals surface area contributed by atoms with Crippen LogP contribution in [0.25, 0.3) is 0 Å². The Labute approximate surface area is 92.4 Å². The van der Waals surface area contributed by atoms with Crippen molar-refractivity contribution in [3.8, 4) is 0 Å². The maximum absolute atomic E-state index is 13.5. The molecule has 0 fully saturated rings. The summed E-state index contributed by atoms with van der Waals surface area (Å²) in [7, 11) is 0. The summed E-state index contributed by atoms with van der Waals surface area (Å²) in [6, 6.07) is 3.78. The molecule has 15 heavy (non-hydrogen) atoms. The Bertz CT molecular complexity index is 436. The van der Waals surface area contributed by atoms with Crippen molar-refractivity contribution in [2.75, 3.05) is 0 Å². The molecule has 0 N–H and O–H groups in total. The van der Waals surface area contributed by atoms with Crippen LogP contribution in [0.1, 0.15) is 11.1 Å². The molecule has 0 heterocycles. The molecule has 0 aromatic heterocycles. The van der Waals surface area contributed by atoms with E-state index in [1.807, 2.05) is 0 Å². The smallest absolute Gasteiger partial charge is 0.258 e. The minimum absolute atomic E-state index is 0.0144. The van der Waals surface area contributed by atoms with Crippen LogP contribution in [0.5, 0.6) is 0 Å². The second-order valence-electron chi connectivity index (χ2n) is 3.35. The van der Waals surface area contributed by atoms with Gasteiger partial charge in [-0.2, -0.15) is 0 Å². The van der Waals surface area contributed by atoms with Crippen molar-refractivity contribution in [3.63, 3.8) is 0 Å². The number of nitrogens with zero attached hydrogens (tertiary/aromatic N) is 1. The van der Waals surface area contributed by atoms with E-state index in [1.165, 1.54) is 18.2 Å². The quantitative estimate of drug-likeness (QED) is 0.450. The number of hydrogen-bond donors (Lipinski definition) is 0. The molecule has 2 rings (SSSR count). The number of nitro groups is 1. The average Bonchev–Trinajstić information content (AvgIpc) is 2.38. The molecule has 80 valence electrons. The molecule has 0 radical (unpaired) electrons. The summed E-state index contributed by atoms with van der Waals surface area (Å²) < 4.78 is 27.0. The highest BCUT2D eigenvalue weighted by molar-refractivity contribution is 9.09. The number of alkyl halides is 3. The van der Waals surface area contributed by atoms with Gasteiger partial charge in [0, 0.05) is 17.2 Å². The van der Waals surface area contributed by atoms with Crippen molar-refractivity contribution in [2.45, 2.75) is 17.2 Å². The van der Waals surface area contributed by atoms with Crippen molar-refractivity contribution >= 4 is 21.6 Å². The highest BCUT2D eigenvalue weighted by atomic mass is 79.9. The minimum atomic E-state index is -3.03. The van der Waals surface area contributed by atoms with E-state index >= 15 is 0 Å². The third kappa shape index (κ3) is 1.43. The summed E-state index contributed by atoms with van der Waals surface area (Å²) >= 11 is 2.85. The van der Waals surface area contributed by atoms with Crippen LogP contribution in [0.4, 0.5) is 14.5 Å². The summed E-state index contributed by atoms with van der Waals surface area (Å²) in [5, 5.41) is 10.6. The first-order valence-electron chi connectivity index (χ1n) is 4.23. The predicted octanol–water partition coefficient (Wildman–Crippen LogP) is 3.01. The van der Waals surface area contributed by atoms with Crippen LogP contribution in [0.15, 0.2) is 18.2 Å². The zero-order valence-electron chi connectivity index (χ0n) is 7.41. The number of halogens is 3. The van der Waals surface area contributed by atoms with E-state index in [1.54, 1.807) is 0 Å². The molecule has 1 aromatic rings. The monoisotopic (exact) mass is 277 g/mol. The van der Waals surface area contributed by atoms with E-state index in [9.17, 15) is 18.9 Å². The van der Waals surface area contributed by atoms with Gasteiger partial charge in [-0.1, -0.05) is 28.1 Å². The zero-order chi connectivity index (χ0) is 11.2. The Balaban J connectivity index is 2.63. The van der Waals surface area contributed by atoms with Gasteiger partial charge in [-0.3, -0.25) is 10.1 Å². The summed E-state index contributed by atoms with van der Waals surface area (Å²) in [4.78, 5) is 8.94. The molecular formula is C9H6BrF2NO2. The van der Waals surface area contributed by atoms with Crippen LogP contribution in [-0.4, -0.2) is 9.75 Å². The lowest BCUT2D eigenvalue weighted by Crippen LogP contribution is -2.20. The van der Waals surface area contributed by atoms with E-state index < -0.39 is 15.7 Å². The molecule has 0 bridgehead atoms. The Hall–Kier alpha value is -1.04. The van der Waals surface area contributed by atoms with Gasteiger partial charge in [0.25, 0.3) is 11.6 Å². The topological polar surface area (TPSA) is 43.1 Å². The fraction of sp³-hybridized carbons (Fsp3) is 0.333. The fourth-order valence-electron chi connectivity index (χ4n) is 1.75. The maximum atomic E-state index is 13.5. The van der Waals surface area contributed by atoms with Crippen molar-refractivity contribution in [2.24, 2.45) is 0 Å². The Kier molecular flexibility index (Phi) is 2.26. The molecule has 0 aliphatic heterocycles. The third-order valence-corrected chi connectivity index (χ3v) is 3.38. The summed E-state index contributed by atoms with van der Waals surface area (Å²) in [6.07, 6.45) is -0.0144. The van der Waals surface area contributed by atoms with Gasteiger partial charge < -0.3 is 0 Å². The predicted molar refractivity (Wildman–Crippen MR) is 53.4 cm³/mol. The van der Waals surface area contributed by atoms with Gasteiger partial charge in [0.2, 0.25) is 0 Å². The van der Waals surface area contributed by atoms with Crippen LogP contribution in [-0.2, 0) is 12.3 Å². The molecule has 0 saturated heterocycles. The summed E-state index contributed by atoms with van der Waals surface area (Å²) in [5.41, 5.74) is -0.331. The van der Waals surface area contributed by atoms with Crippen molar-refractivity contribution < 1.29 is 13.7 Å². The lowest BCUT2D eigenvalue weighted by atomic mass is 10.1. The van der Waals surface area contributed by atoms with Crippen LogP contribution < -0.4 is 0 Å². The largest absolute Gasteiger partial charge is 0.286 e. The van der Waals surface area contributed by atoms with E-state index in [2.05, 4.69) is 15.9 Å². The van der Waals surface area contributed by atoms with Gasteiger partial charge in [0.1, 0.15) is 0 Å². The lowest BCUT2D eigenvalue weighted by molar-refractivity contribution is -0.385. The average molecular weight is 278 g/mol. The standard InChI is InChI=1S/C9H6BrF2NO2/c10-8-4-5-6(9(8,11)12)2-1-3-7(5)13(14)15/h1-3,8H,4H2/t8-/m0/s1. The van der Waals surface area contributed by atoms with Crippen LogP contribution in [0, 0.1) is 10.1 Å². The van der Waals surface area contributed by atoms with Crippen molar-refractivity contribution in [1.82, 2.24) is 0 Å². The highest BCUT2D eigenvalue weighted by Gasteiger charge is 2.49. The van der Waals surface area contributed by atoms with Crippen LogP contribution in [0.3, 0.4) is 0 Å². The molecule has 6 heteroatoms. The lowest BCUT2D eigenvalue weighted by Gasteiger charge is -2.13. The second-order valence-corrected chi connectivity index (χ2v) is 4.46. The van der Waals surface area contributed by atoms with Gasteiger partial charge in [-0.25, -0.2) is 8.78 Å². The Morgan fingerprint density at radius 1 is 1.53 bits per heavy atom. The van der Waals surface area contributed by atoms with Gasteiger partial charge in [0.15, 0.2) is 0 Å². The molecule has 1 atom stereocenters. The second kappa shape index (κ2) is 3.23. The molecule has 0 unspecified atom stereocenters.